The summed E-state index contributed by atoms with van der Waals surface area (Å²) in [6.07, 6.45) is -1.15. The fourth-order valence-corrected chi connectivity index (χ4v) is 3.33. The minimum atomic E-state index is -4.53. The minimum absolute atomic E-state index is 0.223. The van der Waals surface area contributed by atoms with E-state index in [0.29, 0.717) is 28.2 Å². The van der Waals surface area contributed by atoms with Gasteiger partial charge in [-0.05, 0) is 49.4 Å². The Bertz CT molecular complexity index is 1350. The predicted octanol–water partition coefficient (Wildman–Crippen LogP) is 4.69. The first-order chi connectivity index (χ1) is 13.9. The monoisotopic (exact) mass is 394 g/mol. The van der Waals surface area contributed by atoms with E-state index in [1.807, 2.05) is 31.2 Å². The van der Waals surface area contributed by atoms with Crippen LogP contribution in [0.1, 0.15) is 11.6 Å². The molecular formula is C20H13F3N6. The van der Waals surface area contributed by atoms with Crippen molar-refractivity contribution in [2.75, 3.05) is 0 Å². The first-order valence-electron chi connectivity index (χ1n) is 8.74. The van der Waals surface area contributed by atoms with E-state index in [4.69, 9.17) is 4.98 Å². The fourth-order valence-electron chi connectivity index (χ4n) is 3.33. The molecule has 144 valence electrons. The van der Waals surface area contributed by atoms with Crippen molar-refractivity contribution in [3.63, 3.8) is 0 Å². The van der Waals surface area contributed by atoms with E-state index in [1.165, 1.54) is 0 Å². The molecule has 0 saturated carbocycles. The Hall–Kier alpha value is -3.75. The Morgan fingerprint density at radius 2 is 1.69 bits per heavy atom. The van der Waals surface area contributed by atoms with Crippen LogP contribution in [0.15, 0.2) is 54.9 Å². The number of nitrogens with zero attached hydrogens (tertiary/aromatic N) is 5. The lowest BCUT2D eigenvalue weighted by molar-refractivity contribution is -0.144. The van der Waals surface area contributed by atoms with E-state index in [1.54, 1.807) is 35.2 Å². The molecule has 0 aliphatic carbocycles. The van der Waals surface area contributed by atoms with Crippen molar-refractivity contribution >= 4 is 22.2 Å². The van der Waals surface area contributed by atoms with Gasteiger partial charge in [0.05, 0.1) is 22.4 Å². The summed E-state index contributed by atoms with van der Waals surface area (Å²) in [6.45, 7) is 1.82. The SMILES string of the molecule is Cc1nc2ccc(-c3ccncc3)nc2n1-c1ccc2[nH]c(C(F)(F)F)nc2c1. The number of fused-ring (bicyclic) bond motifs is 2. The molecule has 4 heterocycles. The van der Waals surface area contributed by atoms with Crippen molar-refractivity contribution in [2.24, 2.45) is 0 Å². The summed E-state index contributed by atoms with van der Waals surface area (Å²) >= 11 is 0. The number of imidazole rings is 2. The van der Waals surface area contributed by atoms with E-state index in [2.05, 4.69) is 19.9 Å². The van der Waals surface area contributed by atoms with Crippen molar-refractivity contribution in [3.05, 3.63) is 66.5 Å². The smallest absolute Gasteiger partial charge is 0.334 e. The van der Waals surface area contributed by atoms with Gasteiger partial charge >= 0.3 is 6.18 Å². The molecule has 5 rings (SSSR count). The number of benzene rings is 1. The average Bonchev–Trinajstić information content (AvgIpc) is 3.27. The first-order valence-corrected chi connectivity index (χ1v) is 8.74. The number of halogens is 3. The molecule has 1 N–H and O–H groups in total. The third-order valence-corrected chi connectivity index (χ3v) is 4.64. The molecule has 0 fully saturated rings. The zero-order chi connectivity index (χ0) is 20.2. The number of nitrogens with one attached hydrogen (secondary N) is 1. The second-order valence-electron chi connectivity index (χ2n) is 6.55. The molecule has 0 aliphatic rings. The van der Waals surface area contributed by atoms with Crippen LogP contribution in [0.2, 0.25) is 0 Å². The lowest BCUT2D eigenvalue weighted by atomic mass is 10.2. The lowest BCUT2D eigenvalue weighted by Crippen LogP contribution is -2.06. The normalized spacial score (nSPS) is 12.1. The summed E-state index contributed by atoms with van der Waals surface area (Å²) < 4.78 is 40.7. The topological polar surface area (TPSA) is 72.3 Å². The molecular weight excluding hydrogens is 381 g/mol. The number of hydrogen-bond acceptors (Lipinski definition) is 4. The fraction of sp³-hybridized carbons (Fsp3) is 0.100. The van der Waals surface area contributed by atoms with Crippen LogP contribution in [0.5, 0.6) is 0 Å². The van der Waals surface area contributed by atoms with Crippen LogP contribution in [0.25, 0.3) is 39.1 Å². The van der Waals surface area contributed by atoms with Gasteiger partial charge < -0.3 is 4.98 Å². The largest absolute Gasteiger partial charge is 0.449 e. The number of alkyl halides is 3. The highest BCUT2D eigenvalue weighted by Crippen LogP contribution is 2.30. The van der Waals surface area contributed by atoms with Gasteiger partial charge in [0.25, 0.3) is 0 Å². The molecule has 0 aliphatic heterocycles. The zero-order valence-corrected chi connectivity index (χ0v) is 15.1. The number of aromatic amines is 1. The number of hydrogen-bond donors (Lipinski definition) is 1. The van der Waals surface area contributed by atoms with Crippen molar-refractivity contribution in [1.29, 1.82) is 0 Å². The zero-order valence-electron chi connectivity index (χ0n) is 15.1. The van der Waals surface area contributed by atoms with Crippen molar-refractivity contribution in [2.45, 2.75) is 13.1 Å². The minimum Gasteiger partial charge on any atom is -0.334 e. The Balaban J connectivity index is 1.68. The first kappa shape index (κ1) is 17.4. The Labute approximate surface area is 162 Å². The van der Waals surface area contributed by atoms with Gasteiger partial charge in [0.1, 0.15) is 11.3 Å². The average molecular weight is 394 g/mol. The maximum absolute atomic E-state index is 13.0. The summed E-state index contributed by atoms with van der Waals surface area (Å²) in [6, 6.07) is 12.3. The maximum Gasteiger partial charge on any atom is 0.449 e. The summed E-state index contributed by atoms with van der Waals surface area (Å²) in [4.78, 5) is 19.3. The van der Waals surface area contributed by atoms with Crippen LogP contribution >= 0.6 is 0 Å². The van der Waals surface area contributed by atoms with E-state index in [0.717, 1.165) is 11.3 Å². The molecule has 0 amide bonds. The van der Waals surface area contributed by atoms with Gasteiger partial charge in [0.2, 0.25) is 5.82 Å². The van der Waals surface area contributed by atoms with Gasteiger partial charge in [-0.2, -0.15) is 13.2 Å². The van der Waals surface area contributed by atoms with Crippen molar-refractivity contribution < 1.29 is 13.2 Å². The quantitative estimate of drug-likeness (QED) is 0.472. The van der Waals surface area contributed by atoms with Gasteiger partial charge in [0.15, 0.2) is 5.65 Å². The molecule has 0 spiro atoms. The molecule has 0 bridgehead atoms. The van der Waals surface area contributed by atoms with Gasteiger partial charge in [-0.15, -0.1) is 0 Å². The molecule has 0 atom stereocenters. The summed E-state index contributed by atoms with van der Waals surface area (Å²) in [5.74, 6) is -0.347. The second-order valence-corrected chi connectivity index (χ2v) is 6.55. The standard InChI is InChI=1S/C20H13F3N6/c1-11-25-16-5-4-14(12-6-8-24-9-7-12)26-18(16)29(11)13-2-3-15-17(10-13)28-19(27-15)20(21,22)23/h2-10H,1H3,(H,27,28). The van der Waals surface area contributed by atoms with Crippen molar-refractivity contribution in [3.8, 4) is 16.9 Å². The van der Waals surface area contributed by atoms with E-state index < -0.39 is 12.0 Å². The van der Waals surface area contributed by atoms with Gasteiger partial charge in [-0.25, -0.2) is 15.0 Å². The van der Waals surface area contributed by atoms with Crippen LogP contribution < -0.4 is 0 Å². The summed E-state index contributed by atoms with van der Waals surface area (Å²) in [5.41, 5.74) is 4.14. The third-order valence-electron chi connectivity index (χ3n) is 4.64. The number of H-pyrrole nitrogens is 1. The lowest BCUT2D eigenvalue weighted by Gasteiger charge is -2.07. The molecule has 5 aromatic rings. The number of aromatic nitrogens is 6. The maximum atomic E-state index is 13.0. The molecule has 6 nitrogen and oxygen atoms in total. The molecule has 29 heavy (non-hydrogen) atoms. The second kappa shape index (κ2) is 6.13. The van der Waals surface area contributed by atoms with Gasteiger partial charge in [-0.3, -0.25) is 9.55 Å². The molecule has 0 unspecified atom stereocenters. The van der Waals surface area contributed by atoms with E-state index in [9.17, 15) is 13.2 Å². The van der Waals surface area contributed by atoms with Crippen molar-refractivity contribution in [1.82, 2.24) is 29.5 Å². The third kappa shape index (κ3) is 2.91. The van der Waals surface area contributed by atoms with Crippen LogP contribution in [0.4, 0.5) is 13.2 Å². The highest BCUT2D eigenvalue weighted by Gasteiger charge is 2.34. The van der Waals surface area contributed by atoms with Gasteiger partial charge in [0, 0.05) is 18.0 Å². The van der Waals surface area contributed by atoms with Gasteiger partial charge in [-0.1, -0.05) is 0 Å². The highest BCUT2D eigenvalue weighted by atomic mass is 19.4. The predicted molar refractivity (Wildman–Crippen MR) is 101 cm³/mol. The number of rotatable bonds is 2. The van der Waals surface area contributed by atoms with E-state index in [-0.39, 0.29) is 5.52 Å². The summed E-state index contributed by atoms with van der Waals surface area (Å²) in [7, 11) is 0. The van der Waals surface area contributed by atoms with Crippen LogP contribution in [0.3, 0.4) is 0 Å². The molecule has 0 saturated heterocycles. The summed E-state index contributed by atoms with van der Waals surface area (Å²) in [5, 5.41) is 0. The molecule has 0 radical (unpaired) electrons. The Kier molecular flexibility index (Phi) is 3.67. The van der Waals surface area contributed by atoms with E-state index >= 15 is 0 Å². The Morgan fingerprint density at radius 3 is 2.45 bits per heavy atom. The highest BCUT2D eigenvalue weighted by molar-refractivity contribution is 5.81. The van der Waals surface area contributed by atoms with Crippen LogP contribution in [0, 0.1) is 6.92 Å². The molecule has 1 aromatic carbocycles. The number of aryl methyl sites for hydroxylation is 1. The Morgan fingerprint density at radius 1 is 0.897 bits per heavy atom. The molecule has 9 heteroatoms. The number of pyridine rings is 2. The van der Waals surface area contributed by atoms with Crippen LogP contribution in [-0.4, -0.2) is 29.5 Å². The van der Waals surface area contributed by atoms with Crippen LogP contribution in [-0.2, 0) is 6.18 Å². The molecule has 4 aromatic heterocycles.